The van der Waals surface area contributed by atoms with E-state index in [9.17, 15) is 4.79 Å². The Labute approximate surface area is 152 Å². The molecular formula is C21H22N2O3. The Hall–Kier alpha value is -2.82. The number of nitrogens with zero attached hydrogens (tertiary/aromatic N) is 1. The largest absolute Gasteiger partial charge is 0.493 e. The standard InChI is InChI=1S/C21H22N2O3/c1-13-9-14(2)11-17(10-13)25-8-7-20(24)22-16-5-6-19-18(12-16)23-21(26-19)15-3-4-15/h5-6,9-12,15H,3-4,7-8H2,1-2H3,(H,22,24). The lowest BCUT2D eigenvalue weighted by Gasteiger charge is -2.09. The number of aromatic nitrogens is 1. The summed E-state index contributed by atoms with van der Waals surface area (Å²) in [6, 6.07) is 11.6. The summed E-state index contributed by atoms with van der Waals surface area (Å²) >= 11 is 0. The van der Waals surface area contributed by atoms with Gasteiger partial charge in [-0.25, -0.2) is 4.98 Å². The summed E-state index contributed by atoms with van der Waals surface area (Å²) in [6.07, 6.45) is 2.59. The Morgan fingerprint density at radius 1 is 1.19 bits per heavy atom. The third-order valence-electron chi connectivity index (χ3n) is 4.41. The van der Waals surface area contributed by atoms with Gasteiger partial charge in [0.25, 0.3) is 0 Å². The van der Waals surface area contributed by atoms with Gasteiger partial charge in [-0.15, -0.1) is 0 Å². The molecular weight excluding hydrogens is 328 g/mol. The van der Waals surface area contributed by atoms with Gasteiger partial charge >= 0.3 is 0 Å². The van der Waals surface area contributed by atoms with Crippen molar-refractivity contribution in [3.05, 3.63) is 53.4 Å². The molecule has 0 spiro atoms. The highest BCUT2D eigenvalue weighted by atomic mass is 16.5. The van der Waals surface area contributed by atoms with Crippen molar-refractivity contribution in [3.8, 4) is 5.75 Å². The van der Waals surface area contributed by atoms with E-state index >= 15 is 0 Å². The highest BCUT2D eigenvalue weighted by Crippen LogP contribution is 2.40. The van der Waals surface area contributed by atoms with E-state index in [2.05, 4.69) is 16.4 Å². The van der Waals surface area contributed by atoms with Crippen molar-refractivity contribution in [2.45, 2.75) is 39.0 Å². The van der Waals surface area contributed by atoms with E-state index in [4.69, 9.17) is 9.15 Å². The average Bonchev–Trinajstić information content (AvgIpc) is 3.34. The molecule has 1 fully saturated rings. The predicted molar refractivity (Wildman–Crippen MR) is 101 cm³/mol. The number of rotatable bonds is 6. The molecule has 1 aromatic heterocycles. The molecule has 0 atom stereocenters. The van der Waals surface area contributed by atoms with Gasteiger partial charge in [0.05, 0.1) is 13.0 Å². The van der Waals surface area contributed by atoms with Crippen LogP contribution >= 0.6 is 0 Å². The van der Waals surface area contributed by atoms with E-state index in [1.807, 2.05) is 44.2 Å². The van der Waals surface area contributed by atoms with Crippen LogP contribution in [0.5, 0.6) is 5.75 Å². The molecule has 4 rings (SSSR count). The van der Waals surface area contributed by atoms with Gasteiger partial charge in [0.1, 0.15) is 11.3 Å². The molecule has 26 heavy (non-hydrogen) atoms. The molecule has 1 saturated carbocycles. The molecule has 3 aromatic rings. The van der Waals surface area contributed by atoms with Crippen LogP contribution in [0.15, 0.2) is 40.8 Å². The van der Waals surface area contributed by atoms with Crippen molar-refractivity contribution < 1.29 is 13.9 Å². The zero-order valence-corrected chi connectivity index (χ0v) is 15.0. The molecule has 5 nitrogen and oxygen atoms in total. The van der Waals surface area contributed by atoms with Crippen LogP contribution in [-0.2, 0) is 4.79 Å². The summed E-state index contributed by atoms with van der Waals surface area (Å²) in [5, 5.41) is 2.90. The number of benzene rings is 2. The van der Waals surface area contributed by atoms with Crippen molar-refractivity contribution in [2.75, 3.05) is 11.9 Å². The van der Waals surface area contributed by atoms with Gasteiger partial charge in [-0.05, 0) is 68.1 Å². The molecule has 0 bridgehead atoms. The SMILES string of the molecule is Cc1cc(C)cc(OCCC(=O)Nc2ccc3oc(C4CC4)nc3c2)c1. The average molecular weight is 350 g/mol. The summed E-state index contributed by atoms with van der Waals surface area (Å²) in [5.74, 6) is 2.00. The maximum Gasteiger partial charge on any atom is 0.227 e. The number of ether oxygens (including phenoxy) is 1. The molecule has 1 heterocycles. The molecule has 1 amide bonds. The first kappa shape index (κ1) is 16.6. The predicted octanol–water partition coefficient (Wildman–Crippen LogP) is 4.73. The maximum absolute atomic E-state index is 12.2. The minimum atomic E-state index is -0.0837. The number of nitrogens with one attached hydrogen (secondary N) is 1. The minimum absolute atomic E-state index is 0.0837. The molecule has 0 aliphatic heterocycles. The van der Waals surface area contributed by atoms with Gasteiger partial charge in [-0.2, -0.15) is 0 Å². The molecule has 1 aliphatic carbocycles. The topological polar surface area (TPSA) is 64.4 Å². The second-order valence-electron chi connectivity index (χ2n) is 6.98. The first-order valence-electron chi connectivity index (χ1n) is 8.98. The maximum atomic E-state index is 12.2. The summed E-state index contributed by atoms with van der Waals surface area (Å²) < 4.78 is 11.4. The zero-order valence-electron chi connectivity index (χ0n) is 15.0. The lowest BCUT2D eigenvalue weighted by molar-refractivity contribution is -0.116. The van der Waals surface area contributed by atoms with E-state index in [1.54, 1.807) is 0 Å². The first-order valence-corrected chi connectivity index (χ1v) is 8.98. The Bertz CT molecular complexity index is 937. The summed E-state index contributed by atoms with van der Waals surface area (Å²) in [4.78, 5) is 16.7. The Kier molecular flexibility index (Phi) is 4.37. The monoisotopic (exact) mass is 350 g/mol. The van der Waals surface area contributed by atoms with Crippen LogP contribution in [0.25, 0.3) is 11.1 Å². The quantitative estimate of drug-likeness (QED) is 0.698. The third-order valence-corrected chi connectivity index (χ3v) is 4.41. The molecule has 5 heteroatoms. The van der Waals surface area contributed by atoms with Gasteiger partial charge in [0.15, 0.2) is 11.5 Å². The van der Waals surface area contributed by atoms with Crippen LogP contribution < -0.4 is 10.1 Å². The van der Waals surface area contributed by atoms with Crippen LogP contribution in [0, 0.1) is 13.8 Å². The molecule has 2 aromatic carbocycles. The molecule has 1 aliphatic rings. The number of aryl methyl sites for hydroxylation is 2. The van der Waals surface area contributed by atoms with Crippen molar-refractivity contribution in [1.82, 2.24) is 4.98 Å². The molecule has 134 valence electrons. The highest BCUT2D eigenvalue weighted by Gasteiger charge is 2.28. The third kappa shape index (κ3) is 3.87. The normalized spacial score (nSPS) is 13.8. The zero-order chi connectivity index (χ0) is 18.1. The Morgan fingerprint density at radius 2 is 1.96 bits per heavy atom. The number of hydrogen-bond acceptors (Lipinski definition) is 4. The van der Waals surface area contributed by atoms with E-state index in [0.717, 1.165) is 52.4 Å². The Balaban J connectivity index is 1.33. The summed E-state index contributed by atoms with van der Waals surface area (Å²) in [5.41, 5.74) is 4.58. The lowest BCUT2D eigenvalue weighted by Crippen LogP contribution is -2.15. The fourth-order valence-electron chi connectivity index (χ4n) is 3.03. The summed E-state index contributed by atoms with van der Waals surface area (Å²) in [6.45, 7) is 4.40. The van der Waals surface area contributed by atoms with Gasteiger partial charge in [0.2, 0.25) is 5.91 Å². The van der Waals surface area contributed by atoms with Gasteiger partial charge in [-0.3, -0.25) is 4.79 Å². The number of fused-ring (bicyclic) bond motifs is 1. The van der Waals surface area contributed by atoms with Crippen LogP contribution in [0.1, 0.15) is 42.2 Å². The minimum Gasteiger partial charge on any atom is -0.493 e. The van der Waals surface area contributed by atoms with Crippen molar-refractivity contribution >= 4 is 22.7 Å². The molecule has 1 N–H and O–H groups in total. The van der Waals surface area contributed by atoms with Gasteiger partial charge < -0.3 is 14.5 Å². The van der Waals surface area contributed by atoms with E-state index in [1.165, 1.54) is 0 Å². The molecule has 0 saturated heterocycles. The second kappa shape index (κ2) is 6.83. The second-order valence-corrected chi connectivity index (χ2v) is 6.98. The number of oxazole rings is 1. The van der Waals surface area contributed by atoms with Crippen LogP contribution in [0.2, 0.25) is 0 Å². The van der Waals surface area contributed by atoms with Crippen molar-refractivity contribution in [2.24, 2.45) is 0 Å². The van der Waals surface area contributed by atoms with Crippen molar-refractivity contribution in [1.29, 1.82) is 0 Å². The van der Waals surface area contributed by atoms with Gasteiger partial charge in [0, 0.05) is 11.6 Å². The highest BCUT2D eigenvalue weighted by molar-refractivity contribution is 5.92. The number of hydrogen-bond donors (Lipinski definition) is 1. The van der Waals surface area contributed by atoms with E-state index in [-0.39, 0.29) is 12.3 Å². The number of carbonyl (C=O) groups is 1. The molecule has 0 unspecified atom stereocenters. The number of amides is 1. The lowest BCUT2D eigenvalue weighted by atomic mass is 10.1. The van der Waals surface area contributed by atoms with Crippen LogP contribution in [-0.4, -0.2) is 17.5 Å². The number of anilines is 1. The fourth-order valence-corrected chi connectivity index (χ4v) is 3.03. The Morgan fingerprint density at radius 3 is 2.69 bits per heavy atom. The smallest absolute Gasteiger partial charge is 0.227 e. The van der Waals surface area contributed by atoms with E-state index in [0.29, 0.717) is 12.5 Å². The van der Waals surface area contributed by atoms with Gasteiger partial charge in [-0.1, -0.05) is 6.07 Å². The van der Waals surface area contributed by atoms with Crippen LogP contribution in [0.4, 0.5) is 5.69 Å². The van der Waals surface area contributed by atoms with Crippen LogP contribution in [0.3, 0.4) is 0 Å². The van der Waals surface area contributed by atoms with Crippen molar-refractivity contribution in [3.63, 3.8) is 0 Å². The fraction of sp³-hybridized carbons (Fsp3) is 0.333. The first-order chi connectivity index (χ1) is 12.6. The number of carbonyl (C=O) groups excluding carboxylic acids is 1. The van der Waals surface area contributed by atoms with E-state index < -0.39 is 0 Å². The molecule has 0 radical (unpaired) electrons. The summed E-state index contributed by atoms with van der Waals surface area (Å²) in [7, 11) is 0.